The van der Waals surface area contributed by atoms with Crippen LogP contribution in [0.5, 0.6) is 0 Å². The second kappa shape index (κ2) is 6.30. The Morgan fingerprint density at radius 2 is 1.96 bits per heavy atom. The Kier molecular flexibility index (Phi) is 4.64. The van der Waals surface area contributed by atoms with E-state index in [1.807, 2.05) is 19.2 Å². The minimum atomic E-state index is -0.378. The molecule has 2 heterocycles. The highest BCUT2D eigenvalue weighted by Crippen LogP contribution is 2.38. The van der Waals surface area contributed by atoms with Gasteiger partial charge < -0.3 is 14.6 Å². The summed E-state index contributed by atoms with van der Waals surface area (Å²) >= 11 is 3.48. The van der Waals surface area contributed by atoms with Crippen LogP contribution in [-0.4, -0.2) is 42.1 Å². The number of hydrogen-bond donors (Lipinski definition) is 2. The minimum absolute atomic E-state index is 0.356. The molecular formula is C17H23BBrN3O2. The number of nitrogens with zero attached hydrogens (tertiary/aromatic N) is 1. The van der Waals surface area contributed by atoms with Crippen molar-refractivity contribution in [2.45, 2.75) is 38.9 Å². The molecule has 2 aromatic rings. The van der Waals surface area contributed by atoms with Gasteiger partial charge in [0.1, 0.15) is 0 Å². The molecule has 0 bridgehead atoms. The Balaban J connectivity index is 1.97. The van der Waals surface area contributed by atoms with E-state index in [-0.39, 0.29) is 18.3 Å². The Hall–Kier alpha value is -1.15. The number of likely N-dealkylation sites (N-methyl/N-ethyl adjacent to an activating group) is 1. The van der Waals surface area contributed by atoms with Crippen molar-refractivity contribution >= 4 is 40.0 Å². The molecule has 128 valence electrons. The Labute approximate surface area is 151 Å². The number of benzene rings is 1. The van der Waals surface area contributed by atoms with Crippen molar-refractivity contribution in [1.82, 2.24) is 15.5 Å². The number of aromatic nitrogens is 2. The van der Waals surface area contributed by atoms with E-state index in [0.29, 0.717) is 6.54 Å². The van der Waals surface area contributed by atoms with Crippen molar-refractivity contribution < 1.29 is 9.31 Å². The van der Waals surface area contributed by atoms with Crippen LogP contribution in [0, 0.1) is 0 Å². The highest BCUT2D eigenvalue weighted by atomic mass is 79.9. The van der Waals surface area contributed by atoms with Crippen LogP contribution < -0.4 is 5.32 Å². The van der Waals surface area contributed by atoms with Crippen LogP contribution in [0.25, 0.3) is 17.0 Å². The second-order valence-corrected chi connectivity index (χ2v) is 8.05. The molecule has 0 spiro atoms. The average molecular weight is 392 g/mol. The van der Waals surface area contributed by atoms with Crippen molar-refractivity contribution in [3.05, 3.63) is 33.8 Å². The first kappa shape index (κ1) is 17.7. The number of halogens is 1. The van der Waals surface area contributed by atoms with Gasteiger partial charge in [-0.05, 0) is 64.5 Å². The van der Waals surface area contributed by atoms with E-state index in [9.17, 15) is 0 Å². The van der Waals surface area contributed by atoms with Crippen LogP contribution in [0.4, 0.5) is 0 Å². The topological polar surface area (TPSA) is 59.2 Å². The van der Waals surface area contributed by atoms with Crippen molar-refractivity contribution in [2.24, 2.45) is 0 Å². The van der Waals surface area contributed by atoms with E-state index in [1.54, 1.807) is 0 Å². The molecule has 1 aliphatic rings. The molecule has 0 saturated carbocycles. The van der Waals surface area contributed by atoms with Crippen LogP contribution in [0.15, 0.2) is 28.1 Å². The van der Waals surface area contributed by atoms with E-state index < -0.39 is 0 Å². The fraction of sp³-hybridized carbons (Fsp3) is 0.471. The fourth-order valence-electron chi connectivity index (χ4n) is 2.70. The molecule has 0 aliphatic carbocycles. The number of hydrogen-bond acceptors (Lipinski definition) is 4. The largest absolute Gasteiger partial charge is 0.491 e. The van der Waals surface area contributed by atoms with Crippen LogP contribution in [0.2, 0.25) is 0 Å². The maximum Gasteiger partial charge on any atom is 0.491 e. The average Bonchev–Trinajstić information content (AvgIpc) is 2.96. The van der Waals surface area contributed by atoms with Crippen LogP contribution in [0.1, 0.15) is 33.4 Å². The molecule has 1 saturated heterocycles. The lowest BCUT2D eigenvalue weighted by atomic mass is 9.77. The fourth-order valence-corrected chi connectivity index (χ4v) is 3.05. The third-order valence-corrected chi connectivity index (χ3v) is 5.31. The highest BCUT2D eigenvalue weighted by Gasteiger charge is 2.52. The third kappa shape index (κ3) is 3.18. The molecule has 1 fully saturated rings. The van der Waals surface area contributed by atoms with Gasteiger partial charge in [-0.2, -0.15) is 5.10 Å². The summed E-state index contributed by atoms with van der Waals surface area (Å²) in [5.74, 6) is 0. The van der Waals surface area contributed by atoms with Crippen molar-refractivity contribution in [1.29, 1.82) is 0 Å². The van der Waals surface area contributed by atoms with E-state index >= 15 is 0 Å². The number of fused-ring (bicyclic) bond motifs is 1. The molecule has 1 aliphatic heterocycles. The molecule has 2 N–H and O–H groups in total. The maximum absolute atomic E-state index is 6.19. The summed E-state index contributed by atoms with van der Waals surface area (Å²) in [5.41, 5.74) is 2.20. The molecule has 7 heteroatoms. The lowest BCUT2D eigenvalue weighted by molar-refractivity contribution is 0.00578. The molecule has 0 atom stereocenters. The van der Waals surface area contributed by atoms with E-state index in [2.05, 4.69) is 71.3 Å². The molecule has 1 aromatic heterocycles. The normalized spacial score (nSPS) is 20.1. The zero-order valence-electron chi connectivity index (χ0n) is 14.7. The number of H-pyrrole nitrogens is 1. The van der Waals surface area contributed by atoms with Gasteiger partial charge in [-0.1, -0.05) is 15.9 Å². The Morgan fingerprint density at radius 1 is 1.29 bits per heavy atom. The first-order chi connectivity index (χ1) is 11.2. The second-order valence-electron chi connectivity index (χ2n) is 7.14. The first-order valence-electron chi connectivity index (χ1n) is 8.08. The lowest BCUT2D eigenvalue weighted by Crippen LogP contribution is -2.41. The monoisotopic (exact) mass is 391 g/mol. The zero-order chi connectivity index (χ0) is 17.5. The quantitative estimate of drug-likeness (QED) is 0.782. The molecule has 5 nitrogen and oxygen atoms in total. The maximum atomic E-state index is 6.19. The van der Waals surface area contributed by atoms with Gasteiger partial charge in [-0.15, -0.1) is 0 Å². The van der Waals surface area contributed by atoms with Gasteiger partial charge in [0.05, 0.1) is 22.4 Å². The molecule has 3 rings (SSSR count). The smallest absolute Gasteiger partial charge is 0.400 e. The first-order valence-corrected chi connectivity index (χ1v) is 8.87. The number of aromatic amines is 1. The molecule has 0 radical (unpaired) electrons. The predicted octanol–water partition coefficient (Wildman–Crippen LogP) is 3.56. The Morgan fingerprint density at radius 3 is 2.58 bits per heavy atom. The zero-order valence-corrected chi connectivity index (χ0v) is 16.3. The summed E-state index contributed by atoms with van der Waals surface area (Å²) in [5, 5.41) is 11.8. The van der Waals surface area contributed by atoms with Gasteiger partial charge in [0.15, 0.2) is 0 Å². The summed E-state index contributed by atoms with van der Waals surface area (Å²) < 4.78 is 13.4. The standard InChI is InChI=1S/C17H23BBrN3O2/c1-16(2)17(3,4)24-18(23-16)11(10-20-5)8-14-13-7-6-12(19)9-15(13)22-21-14/h6-9,20H,10H2,1-5H3,(H,21,22). The SMILES string of the molecule is CNCC(=Cc1[nH]nc2cc(Br)ccc12)B1OC(C)(C)C(C)(C)O1. The third-order valence-electron chi connectivity index (χ3n) is 4.81. The van der Waals surface area contributed by atoms with Gasteiger partial charge in [0.25, 0.3) is 0 Å². The van der Waals surface area contributed by atoms with Crippen LogP contribution in [-0.2, 0) is 9.31 Å². The van der Waals surface area contributed by atoms with Gasteiger partial charge in [-0.3, -0.25) is 5.10 Å². The van der Waals surface area contributed by atoms with Gasteiger partial charge in [-0.25, -0.2) is 0 Å². The highest BCUT2D eigenvalue weighted by molar-refractivity contribution is 9.10. The molecule has 1 aromatic carbocycles. The molecule has 0 amide bonds. The van der Waals surface area contributed by atoms with E-state index in [0.717, 1.165) is 26.5 Å². The predicted molar refractivity (Wildman–Crippen MR) is 102 cm³/mol. The van der Waals surface area contributed by atoms with Crippen molar-refractivity contribution in [2.75, 3.05) is 13.6 Å². The summed E-state index contributed by atoms with van der Waals surface area (Å²) in [4.78, 5) is 0. The number of nitrogens with one attached hydrogen (secondary N) is 2. The van der Waals surface area contributed by atoms with Gasteiger partial charge >= 0.3 is 7.12 Å². The van der Waals surface area contributed by atoms with Crippen LogP contribution in [0.3, 0.4) is 0 Å². The van der Waals surface area contributed by atoms with Crippen LogP contribution >= 0.6 is 15.9 Å². The van der Waals surface area contributed by atoms with Gasteiger partial charge in [0, 0.05) is 16.4 Å². The summed E-state index contributed by atoms with van der Waals surface area (Å²) in [6, 6.07) is 6.06. The Bertz CT molecular complexity index is 769. The lowest BCUT2D eigenvalue weighted by Gasteiger charge is -2.32. The summed E-state index contributed by atoms with van der Waals surface area (Å²) in [7, 11) is 1.54. The number of rotatable bonds is 4. The summed E-state index contributed by atoms with van der Waals surface area (Å²) in [6.07, 6.45) is 2.07. The van der Waals surface area contributed by atoms with Crippen molar-refractivity contribution in [3.63, 3.8) is 0 Å². The molecular weight excluding hydrogens is 369 g/mol. The van der Waals surface area contributed by atoms with Crippen molar-refractivity contribution in [3.8, 4) is 0 Å². The minimum Gasteiger partial charge on any atom is -0.400 e. The molecule has 24 heavy (non-hydrogen) atoms. The van der Waals surface area contributed by atoms with Gasteiger partial charge in [0.2, 0.25) is 0 Å². The van der Waals surface area contributed by atoms with E-state index in [4.69, 9.17) is 9.31 Å². The van der Waals surface area contributed by atoms with E-state index in [1.165, 1.54) is 0 Å². The summed E-state index contributed by atoms with van der Waals surface area (Å²) in [6.45, 7) is 8.92. The molecule has 0 unspecified atom stereocenters.